The Kier molecular flexibility index (Phi) is 7.73. The molecule has 4 nitrogen and oxygen atoms in total. The standard InChI is InChI=1S/C15H26N2O2S2/c1-5-9-16-11-14-7-6-8-15(13(14)3)21(18,19)17-10-12(2)20-4/h6-8,12,16-17H,5,9-11H2,1-4H3. The van der Waals surface area contributed by atoms with Crippen molar-refractivity contribution in [3.8, 4) is 0 Å². The summed E-state index contributed by atoms with van der Waals surface area (Å²) in [5.74, 6) is 0. The molecule has 0 radical (unpaired) electrons. The van der Waals surface area contributed by atoms with E-state index in [-0.39, 0.29) is 5.25 Å². The van der Waals surface area contributed by atoms with Crippen molar-refractivity contribution < 1.29 is 8.42 Å². The van der Waals surface area contributed by atoms with Gasteiger partial charge in [0.15, 0.2) is 0 Å². The van der Waals surface area contributed by atoms with Crippen LogP contribution in [0.5, 0.6) is 0 Å². The maximum atomic E-state index is 12.4. The molecule has 120 valence electrons. The summed E-state index contributed by atoms with van der Waals surface area (Å²) in [7, 11) is -3.44. The van der Waals surface area contributed by atoms with Crippen LogP contribution in [0.15, 0.2) is 23.1 Å². The van der Waals surface area contributed by atoms with Crippen molar-refractivity contribution in [1.82, 2.24) is 10.0 Å². The van der Waals surface area contributed by atoms with E-state index in [4.69, 9.17) is 0 Å². The summed E-state index contributed by atoms with van der Waals surface area (Å²) in [6, 6.07) is 5.45. The Morgan fingerprint density at radius 3 is 2.67 bits per heavy atom. The zero-order chi connectivity index (χ0) is 15.9. The van der Waals surface area contributed by atoms with Gasteiger partial charge in [-0.2, -0.15) is 11.8 Å². The summed E-state index contributed by atoms with van der Waals surface area (Å²) in [6.07, 6.45) is 3.04. The second-order valence-corrected chi connectivity index (χ2v) is 8.13. The Hall–Kier alpha value is -0.560. The Balaban J connectivity index is 2.89. The molecule has 0 saturated carbocycles. The smallest absolute Gasteiger partial charge is 0.240 e. The zero-order valence-corrected chi connectivity index (χ0v) is 14.9. The zero-order valence-electron chi connectivity index (χ0n) is 13.3. The minimum Gasteiger partial charge on any atom is -0.313 e. The third-order valence-corrected chi connectivity index (χ3v) is 5.93. The van der Waals surface area contributed by atoms with Gasteiger partial charge in [0.1, 0.15) is 0 Å². The minimum absolute atomic E-state index is 0.259. The summed E-state index contributed by atoms with van der Waals surface area (Å²) in [5.41, 5.74) is 1.86. The number of rotatable bonds is 9. The van der Waals surface area contributed by atoms with Gasteiger partial charge < -0.3 is 5.32 Å². The van der Waals surface area contributed by atoms with Crippen LogP contribution in [0.4, 0.5) is 0 Å². The van der Waals surface area contributed by atoms with E-state index in [1.165, 1.54) is 0 Å². The van der Waals surface area contributed by atoms with Gasteiger partial charge in [-0.15, -0.1) is 0 Å². The fraction of sp³-hybridized carbons (Fsp3) is 0.600. The second kappa shape index (κ2) is 8.78. The van der Waals surface area contributed by atoms with E-state index in [1.807, 2.05) is 32.2 Å². The Labute approximate surface area is 133 Å². The lowest BCUT2D eigenvalue weighted by Crippen LogP contribution is -2.30. The molecular weight excluding hydrogens is 304 g/mol. The highest BCUT2D eigenvalue weighted by atomic mass is 32.2. The lowest BCUT2D eigenvalue weighted by molar-refractivity contribution is 0.580. The van der Waals surface area contributed by atoms with Gasteiger partial charge in [-0.05, 0) is 43.3 Å². The topological polar surface area (TPSA) is 58.2 Å². The predicted octanol–water partition coefficient (Wildman–Crippen LogP) is 2.52. The molecule has 6 heteroatoms. The lowest BCUT2D eigenvalue weighted by Gasteiger charge is -2.15. The molecule has 0 aromatic heterocycles. The number of hydrogen-bond acceptors (Lipinski definition) is 4. The second-order valence-electron chi connectivity index (χ2n) is 5.12. The normalized spacial score (nSPS) is 13.3. The van der Waals surface area contributed by atoms with Crippen LogP contribution in [-0.2, 0) is 16.6 Å². The largest absolute Gasteiger partial charge is 0.313 e. The lowest BCUT2D eigenvalue weighted by atomic mass is 10.1. The molecule has 0 heterocycles. The minimum atomic E-state index is -3.44. The predicted molar refractivity (Wildman–Crippen MR) is 91.3 cm³/mol. The summed E-state index contributed by atoms with van der Waals surface area (Å²) in [4.78, 5) is 0.381. The molecule has 0 aliphatic heterocycles. The first-order valence-corrected chi connectivity index (χ1v) is 10.0. The van der Waals surface area contributed by atoms with Crippen LogP contribution >= 0.6 is 11.8 Å². The first-order chi connectivity index (χ1) is 9.92. The van der Waals surface area contributed by atoms with Crippen LogP contribution in [-0.4, -0.2) is 33.0 Å². The van der Waals surface area contributed by atoms with E-state index in [0.29, 0.717) is 18.0 Å². The highest BCUT2D eigenvalue weighted by molar-refractivity contribution is 7.99. The number of sulfonamides is 1. The van der Waals surface area contributed by atoms with Crippen LogP contribution in [0.2, 0.25) is 0 Å². The molecule has 1 aromatic rings. The monoisotopic (exact) mass is 330 g/mol. The number of hydrogen-bond donors (Lipinski definition) is 2. The molecule has 2 N–H and O–H groups in total. The third kappa shape index (κ3) is 5.62. The number of benzene rings is 1. The van der Waals surface area contributed by atoms with Crippen molar-refractivity contribution >= 4 is 21.8 Å². The Bertz CT molecular complexity index is 545. The molecule has 1 unspecified atom stereocenters. The molecule has 1 rings (SSSR count). The van der Waals surface area contributed by atoms with Gasteiger partial charge in [0.05, 0.1) is 4.90 Å². The first kappa shape index (κ1) is 18.5. The highest BCUT2D eigenvalue weighted by Crippen LogP contribution is 2.19. The fourth-order valence-electron chi connectivity index (χ4n) is 1.93. The summed E-state index contributed by atoms with van der Waals surface area (Å²) < 4.78 is 27.5. The average molecular weight is 331 g/mol. The van der Waals surface area contributed by atoms with E-state index in [1.54, 1.807) is 17.8 Å². The highest BCUT2D eigenvalue weighted by Gasteiger charge is 2.18. The van der Waals surface area contributed by atoms with Gasteiger partial charge in [0, 0.05) is 18.3 Å². The maximum Gasteiger partial charge on any atom is 0.240 e. The molecule has 0 bridgehead atoms. The van der Waals surface area contributed by atoms with Gasteiger partial charge in [0.25, 0.3) is 0 Å². The molecule has 1 atom stereocenters. The van der Waals surface area contributed by atoms with Gasteiger partial charge in [-0.25, -0.2) is 13.1 Å². The summed E-state index contributed by atoms with van der Waals surface area (Å²) in [6.45, 7) is 8.06. The van der Waals surface area contributed by atoms with Gasteiger partial charge in [-0.1, -0.05) is 26.0 Å². The van der Waals surface area contributed by atoms with Crippen molar-refractivity contribution in [2.75, 3.05) is 19.3 Å². The maximum absolute atomic E-state index is 12.4. The molecule has 0 aliphatic carbocycles. The van der Waals surface area contributed by atoms with Crippen LogP contribution in [0, 0.1) is 6.92 Å². The molecule has 0 spiro atoms. The Morgan fingerprint density at radius 2 is 2.05 bits per heavy atom. The number of thioether (sulfide) groups is 1. The molecule has 21 heavy (non-hydrogen) atoms. The van der Waals surface area contributed by atoms with Gasteiger partial charge in [0.2, 0.25) is 10.0 Å². The quantitative estimate of drug-likeness (QED) is 0.683. The van der Waals surface area contributed by atoms with Crippen LogP contribution in [0.25, 0.3) is 0 Å². The van der Waals surface area contributed by atoms with Crippen molar-refractivity contribution in [3.63, 3.8) is 0 Å². The van der Waals surface area contributed by atoms with E-state index in [0.717, 1.165) is 24.1 Å². The molecule has 0 aliphatic rings. The molecular formula is C15H26N2O2S2. The van der Waals surface area contributed by atoms with Crippen molar-refractivity contribution in [2.24, 2.45) is 0 Å². The van der Waals surface area contributed by atoms with Crippen molar-refractivity contribution in [1.29, 1.82) is 0 Å². The SMILES string of the molecule is CCCNCc1cccc(S(=O)(=O)NCC(C)SC)c1C. The molecule has 1 aromatic carbocycles. The van der Waals surface area contributed by atoms with Gasteiger partial charge >= 0.3 is 0 Å². The van der Waals surface area contributed by atoms with E-state index >= 15 is 0 Å². The van der Waals surface area contributed by atoms with Crippen LogP contribution in [0.1, 0.15) is 31.4 Å². The van der Waals surface area contributed by atoms with Crippen molar-refractivity contribution in [2.45, 2.75) is 43.9 Å². The van der Waals surface area contributed by atoms with E-state index < -0.39 is 10.0 Å². The average Bonchev–Trinajstić information content (AvgIpc) is 2.46. The van der Waals surface area contributed by atoms with Crippen LogP contribution < -0.4 is 10.0 Å². The first-order valence-electron chi connectivity index (χ1n) is 7.24. The van der Waals surface area contributed by atoms with Crippen molar-refractivity contribution in [3.05, 3.63) is 29.3 Å². The van der Waals surface area contributed by atoms with Gasteiger partial charge in [-0.3, -0.25) is 0 Å². The summed E-state index contributed by atoms with van der Waals surface area (Å²) >= 11 is 1.64. The van der Waals surface area contributed by atoms with E-state index in [2.05, 4.69) is 17.0 Å². The molecule has 0 amide bonds. The van der Waals surface area contributed by atoms with Crippen LogP contribution in [0.3, 0.4) is 0 Å². The Morgan fingerprint density at radius 1 is 1.33 bits per heavy atom. The third-order valence-electron chi connectivity index (χ3n) is 3.39. The van der Waals surface area contributed by atoms with E-state index in [9.17, 15) is 8.42 Å². The summed E-state index contributed by atoms with van der Waals surface area (Å²) in [5, 5.41) is 3.57. The fourth-order valence-corrected chi connectivity index (χ4v) is 3.70. The molecule has 0 fully saturated rings. The molecule has 0 saturated heterocycles. The number of nitrogens with one attached hydrogen (secondary N) is 2.